The second-order valence-electron chi connectivity index (χ2n) is 8.10. The van der Waals surface area contributed by atoms with Gasteiger partial charge < -0.3 is 19.3 Å². The van der Waals surface area contributed by atoms with Crippen LogP contribution in [0.2, 0.25) is 0 Å². The van der Waals surface area contributed by atoms with Gasteiger partial charge in [0.25, 0.3) is 0 Å². The highest BCUT2D eigenvalue weighted by Crippen LogP contribution is 2.43. The van der Waals surface area contributed by atoms with Crippen LogP contribution < -0.4 is 19.2 Å². The fourth-order valence-corrected chi connectivity index (χ4v) is 4.47. The van der Waals surface area contributed by atoms with E-state index in [1.165, 1.54) is 0 Å². The van der Waals surface area contributed by atoms with E-state index in [-0.39, 0.29) is 11.8 Å². The number of hydrogen-bond donors (Lipinski definition) is 1. The van der Waals surface area contributed by atoms with Gasteiger partial charge in [-0.15, -0.1) is 0 Å². The first-order chi connectivity index (χ1) is 16.6. The summed E-state index contributed by atoms with van der Waals surface area (Å²) in [6, 6.07) is 25.2. The highest BCUT2D eigenvalue weighted by molar-refractivity contribution is 6.09. The highest BCUT2D eigenvalue weighted by atomic mass is 16.5. The van der Waals surface area contributed by atoms with Gasteiger partial charge in [-0.05, 0) is 47.9 Å². The molecule has 0 aliphatic carbocycles. The van der Waals surface area contributed by atoms with Crippen molar-refractivity contribution >= 4 is 22.2 Å². The number of hydrogen-bond acceptors (Lipinski definition) is 6. The fourth-order valence-electron chi connectivity index (χ4n) is 4.47. The number of phenols is 1. The monoisotopic (exact) mass is 454 g/mol. The van der Waals surface area contributed by atoms with Crippen LogP contribution in [0, 0.1) is 0 Å². The van der Waals surface area contributed by atoms with Gasteiger partial charge in [-0.2, -0.15) is 5.10 Å². The summed E-state index contributed by atoms with van der Waals surface area (Å²) < 4.78 is 16.4. The molecule has 1 aliphatic rings. The van der Waals surface area contributed by atoms with Crippen molar-refractivity contribution in [3.8, 4) is 23.0 Å². The minimum absolute atomic E-state index is 0.130. The number of hydrazone groups is 1. The molecule has 4 aromatic rings. The molecule has 1 atom stereocenters. The minimum Gasteiger partial charge on any atom is -0.507 e. The summed E-state index contributed by atoms with van der Waals surface area (Å²) in [4.78, 5) is 0. The van der Waals surface area contributed by atoms with Gasteiger partial charge >= 0.3 is 0 Å². The molecule has 0 bridgehead atoms. The molecule has 1 aliphatic heterocycles. The second kappa shape index (κ2) is 8.98. The average molecular weight is 455 g/mol. The molecule has 0 aromatic heterocycles. The standard InChI is InChI=1S/C28H26N2O4/c1-32-20-11-9-19(10-12-20)30-26(24-15-13-21(33-2)16-27(24)34-3)17-25(29-30)23-14-8-18-6-4-5-7-22(18)28(23)31/h4-16,26,31H,17H2,1-3H3. The number of rotatable bonds is 6. The second-order valence-corrected chi connectivity index (χ2v) is 8.10. The van der Waals surface area contributed by atoms with E-state index in [9.17, 15) is 5.11 Å². The van der Waals surface area contributed by atoms with Crippen molar-refractivity contribution in [1.82, 2.24) is 0 Å². The van der Waals surface area contributed by atoms with Crippen LogP contribution in [-0.4, -0.2) is 32.1 Å². The molecular formula is C28H26N2O4. The predicted octanol–water partition coefficient (Wildman–Crippen LogP) is 5.93. The average Bonchev–Trinajstić information content (AvgIpc) is 3.33. The van der Waals surface area contributed by atoms with Crippen molar-refractivity contribution in [2.45, 2.75) is 12.5 Å². The van der Waals surface area contributed by atoms with Gasteiger partial charge in [-0.1, -0.05) is 30.3 Å². The van der Waals surface area contributed by atoms with Crippen LogP contribution in [0.25, 0.3) is 10.8 Å². The molecule has 1 N–H and O–H groups in total. The van der Waals surface area contributed by atoms with E-state index in [2.05, 4.69) is 0 Å². The molecule has 172 valence electrons. The van der Waals surface area contributed by atoms with Crippen molar-refractivity contribution in [3.63, 3.8) is 0 Å². The Balaban J connectivity index is 1.62. The van der Waals surface area contributed by atoms with Gasteiger partial charge in [0.05, 0.1) is 38.8 Å². The van der Waals surface area contributed by atoms with Crippen molar-refractivity contribution in [2.24, 2.45) is 5.10 Å². The number of phenolic OH excluding ortho intramolecular Hbond substituents is 1. The molecule has 5 rings (SSSR count). The molecule has 6 nitrogen and oxygen atoms in total. The first-order valence-electron chi connectivity index (χ1n) is 11.1. The topological polar surface area (TPSA) is 63.5 Å². The van der Waals surface area contributed by atoms with E-state index in [1.807, 2.05) is 83.9 Å². The van der Waals surface area contributed by atoms with Gasteiger partial charge in [0.2, 0.25) is 0 Å². The summed E-state index contributed by atoms with van der Waals surface area (Å²) >= 11 is 0. The summed E-state index contributed by atoms with van der Waals surface area (Å²) in [5.41, 5.74) is 3.44. The molecule has 4 aromatic carbocycles. The van der Waals surface area contributed by atoms with Gasteiger partial charge in [-0.3, -0.25) is 5.01 Å². The maximum atomic E-state index is 11.1. The molecule has 1 heterocycles. The molecule has 0 saturated carbocycles. The van der Waals surface area contributed by atoms with E-state index in [1.54, 1.807) is 21.3 Å². The Morgan fingerprint density at radius 1 is 0.824 bits per heavy atom. The zero-order chi connectivity index (χ0) is 23.7. The van der Waals surface area contributed by atoms with Crippen LogP contribution >= 0.6 is 0 Å². The molecule has 0 spiro atoms. The molecular weight excluding hydrogens is 428 g/mol. The summed E-state index contributed by atoms with van der Waals surface area (Å²) in [5.74, 6) is 2.47. The summed E-state index contributed by atoms with van der Waals surface area (Å²) in [6.07, 6.45) is 0.598. The van der Waals surface area contributed by atoms with Crippen molar-refractivity contribution in [3.05, 3.63) is 90.0 Å². The van der Waals surface area contributed by atoms with Crippen molar-refractivity contribution < 1.29 is 19.3 Å². The van der Waals surface area contributed by atoms with Crippen LogP contribution in [0.4, 0.5) is 5.69 Å². The lowest BCUT2D eigenvalue weighted by Crippen LogP contribution is -2.19. The van der Waals surface area contributed by atoms with Crippen LogP contribution in [0.3, 0.4) is 0 Å². The Labute approximate surface area is 198 Å². The maximum absolute atomic E-state index is 11.1. The van der Waals surface area contributed by atoms with Crippen LogP contribution in [0.15, 0.2) is 84.0 Å². The third-order valence-electron chi connectivity index (χ3n) is 6.26. The minimum atomic E-state index is -0.130. The van der Waals surface area contributed by atoms with E-state index in [4.69, 9.17) is 19.3 Å². The van der Waals surface area contributed by atoms with E-state index >= 15 is 0 Å². The number of benzene rings is 4. The van der Waals surface area contributed by atoms with Crippen molar-refractivity contribution in [1.29, 1.82) is 0 Å². The van der Waals surface area contributed by atoms with Crippen molar-refractivity contribution in [2.75, 3.05) is 26.3 Å². The summed E-state index contributed by atoms with van der Waals surface area (Å²) in [5, 5.41) is 19.9. The van der Waals surface area contributed by atoms with E-state index in [0.717, 1.165) is 50.5 Å². The fraction of sp³-hybridized carbons (Fsp3) is 0.179. The van der Waals surface area contributed by atoms with Gasteiger partial charge in [-0.25, -0.2) is 0 Å². The molecule has 0 amide bonds. The van der Waals surface area contributed by atoms with Crippen LogP contribution in [-0.2, 0) is 0 Å². The molecule has 6 heteroatoms. The maximum Gasteiger partial charge on any atom is 0.132 e. The molecule has 0 fully saturated rings. The quantitative estimate of drug-likeness (QED) is 0.391. The highest BCUT2D eigenvalue weighted by Gasteiger charge is 2.33. The molecule has 0 saturated heterocycles. The van der Waals surface area contributed by atoms with Crippen LogP contribution in [0.5, 0.6) is 23.0 Å². The van der Waals surface area contributed by atoms with Gasteiger partial charge in [0.15, 0.2) is 0 Å². The third-order valence-corrected chi connectivity index (χ3v) is 6.26. The van der Waals surface area contributed by atoms with E-state index < -0.39 is 0 Å². The number of ether oxygens (including phenoxy) is 3. The summed E-state index contributed by atoms with van der Waals surface area (Å²) in [7, 11) is 4.94. The SMILES string of the molecule is COc1ccc(N2N=C(c3ccc4ccccc4c3O)CC2c2ccc(OC)cc2OC)cc1. The lowest BCUT2D eigenvalue weighted by molar-refractivity contribution is 0.388. The number of nitrogens with zero attached hydrogens (tertiary/aromatic N) is 2. The van der Waals surface area contributed by atoms with E-state index in [0.29, 0.717) is 6.42 Å². The lowest BCUT2D eigenvalue weighted by atomic mass is 9.95. The predicted molar refractivity (Wildman–Crippen MR) is 135 cm³/mol. The first kappa shape index (κ1) is 21.6. The smallest absolute Gasteiger partial charge is 0.132 e. The number of aromatic hydroxyl groups is 1. The zero-order valence-electron chi connectivity index (χ0n) is 19.4. The van der Waals surface area contributed by atoms with Gasteiger partial charge in [0.1, 0.15) is 23.0 Å². The Morgan fingerprint density at radius 3 is 2.29 bits per heavy atom. The lowest BCUT2D eigenvalue weighted by Gasteiger charge is -2.25. The molecule has 0 radical (unpaired) electrons. The number of methoxy groups -OCH3 is 3. The largest absolute Gasteiger partial charge is 0.507 e. The third kappa shape index (κ3) is 3.77. The Kier molecular flexibility index (Phi) is 5.72. The zero-order valence-corrected chi connectivity index (χ0v) is 19.4. The Hall–Kier alpha value is -4.19. The summed E-state index contributed by atoms with van der Waals surface area (Å²) in [6.45, 7) is 0. The number of fused-ring (bicyclic) bond motifs is 1. The first-order valence-corrected chi connectivity index (χ1v) is 11.1. The number of anilines is 1. The Bertz CT molecular complexity index is 1360. The Morgan fingerprint density at radius 2 is 1.56 bits per heavy atom. The van der Waals surface area contributed by atoms with Crippen LogP contribution in [0.1, 0.15) is 23.6 Å². The van der Waals surface area contributed by atoms with Gasteiger partial charge in [0, 0.05) is 29.0 Å². The molecule has 1 unspecified atom stereocenters. The normalized spacial score (nSPS) is 15.3. The molecule has 34 heavy (non-hydrogen) atoms.